The highest BCUT2D eigenvalue weighted by atomic mass is 79.9. The number of hydrogen-bond donors (Lipinski definition) is 1. The molecule has 24 heavy (non-hydrogen) atoms. The molecule has 1 aliphatic rings. The summed E-state index contributed by atoms with van der Waals surface area (Å²) < 4.78 is 16.7. The van der Waals surface area contributed by atoms with E-state index in [0.29, 0.717) is 18.9 Å². The molecular weight excluding hydrogens is 437 g/mol. The monoisotopic (exact) mass is 457 g/mol. The molecule has 0 radical (unpaired) electrons. The van der Waals surface area contributed by atoms with E-state index < -0.39 is 5.67 Å². The van der Waals surface area contributed by atoms with Gasteiger partial charge in [0, 0.05) is 27.5 Å². The van der Waals surface area contributed by atoms with Crippen LogP contribution in [0.15, 0.2) is 50.9 Å². The van der Waals surface area contributed by atoms with Crippen LogP contribution in [0.5, 0.6) is 0 Å². The van der Waals surface area contributed by atoms with Crippen molar-refractivity contribution in [2.24, 2.45) is 5.92 Å². The van der Waals surface area contributed by atoms with Gasteiger partial charge in [0.1, 0.15) is 5.67 Å². The van der Waals surface area contributed by atoms with Gasteiger partial charge in [0.15, 0.2) is 0 Å². The Balaban J connectivity index is 1.96. The summed E-state index contributed by atoms with van der Waals surface area (Å²) in [4.78, 5) is 11.7. The number of hydrogen-bond acceptors (Lipinski definition) is 1. The predicted octanol–water partition coefficient (Wildman–Crippen LogP) is 5.68. The molecule has 1 aliphatic carbocycles. The molecule has 2 atom stereocenters. The highest BCUT2D eigenvalue weighted by molar-refractivity contribution is 9.13. The molecule has 2 nitrogen and oxygen atoms in total. The minimum absolute atomic E-state index is 0.124. The molecule has 0 bridgehead atoms. The van der Waals surface area contributed by atoms with Crippen molar-refractivity contribution >= 4 is 37.8 Å². The molecule has 2 unspecified atom stereocenters. The fraction of sp³-hybridized carbons (Fsp3) is 0.421. The fourth-order valence-electron chi connectivity index (χ4n) is 2.44. The number of nitrogens with one attached hydrogen (secondary N) is 1. The first-order chi connectivity index (χ1) is 11.2. The summed E-state index contributed by atoms with van der Waals surface area (Å²) in [5, 5.41) is 2.82. The zero-order valence-corrected chi connectivity index (χ0v) is 17.2. The minimum atomic E-state index is -1.32. The maximum Gasteiger partial charge on any atom is 0.244 e. The number of allylic oxidation sites excluding steroid dienone is 3. The molecule has 0 spiro atoms. The van der Waals surface area contributed by atoms with Crippen LogP contribution in [-0.2, 0) is 4.79 Å². The maximum absolute atomic E-state index is 14.8. The minimum Gasteiger partial charge on any atom is -0.352 e. The smallest absolute Gasteiger partial charge is 0.244 e. The summed E-state index contributed by atoms with van der Waals surface area (Å²) in [5.41, 5.74) is 0.404. The Morgan fingerprint density at radius 2 is 2.12 bits per heavy atom. The molecule has 1 fully saturated rings. The van der Waals surface area contributed by atoms with Crippen LogP contribution in [0, 0.1) is 5.92 Å². The van der Waals surface area contributed by atoms with Crippen LogP contribution in [-0.4, -0.2) is 18.1 Å². The Labute approximate surface area is 159 Å². The van der Waals surface area contributed by atoms with Crippen LogP contribution in [0.2, 0.25) is 0 Å². The number of carbonyl (C=O) groups is 1. The van der Waals surface area contributed by atoms with Gasteiger partial charge in [0.2, 0.25) is 5.91 Å². The SMILES string of the molecule is CC(/C=C/C1(F)CC1c1ccc(Br)c(Br)c1)=C\C(=O)NCC(C)C. The van der Waals surface area contributed by atoms with Gasteiger partial charge in [-0.15, -0.1) is 0 Å². The number of rotatable bonds is 6. The molecule has 130 valence electrons. The number of carbonyl (C=O) groups excluding carboxylic acids is 1. The van der Waals surface area contributed by atoms with Gasteiger partial charge in [-0.1, -0.05) is 26.0 Å². The van der Waals surface area contributed by atoms with Crippen molar-refractivity contribution in [3.63, 3.8) is 0 Å². The second-order valence-corrected chi connectivity index (χ2v) is 8.43. The van der Waals surface area contributed by atoms with E-state index >= 15 is 0 Å². The third-order valence-corrected chi connectivity index (χ3v) is 5.83. The van der Waals surface area contributed by atoms with Crippen LogP contribution < -0.4 is 5.32 Å². The van der Waals surface area contributed by atoms with E-state index in [9.17, 15) is 9.18 Å². The van der Waals surface area contributed by atoms with E-state index in [1.54, 1.807) is 12.2 Å². The third kappa shape index (κ3) is 5.28. The van der Waals surface area contributed by atoms with Gasteiger partial charge in [0.25, 0.3) is 0 Å². The van der Waals surface area contributed by atoms with Crippen LogP contribution in [0.3, 0.4) is 0 Å². The summed E-state index contributed by atoms with van der Waals surface area (Å²) >= 11 is 6.87. The lowest BCUT2D eigenvalue weighted by atomic mass is 10.1. The highest BCUT2D eigenvalue weighted by Crippen LogP contribution is 2.56. The van der Waals surface area contributed by atoms with E-state index in [0.717, 1.165) is 20.1 Å². The molecule has 0 saturated heterocycles. The van der Waals surface area contributed by atoms with Crippen molar-refractivity contribution in [2.75, 3.05) is 6.54 Å². The number of halogens is 3. The summed E-state index contributed by atoms with van der Waals surface area (Å²) in [5.74, 6) is 0.147. The van der Waals surface area contributed by atoms with E-state index in [1.807, 2.05) is 39.0 Å². The molecule has 2 rings (SSSR count). The Hall–Kier alpha value is -0.940. The van der Waals surface area contributed by atoms with Crippen molar-refractivity contribution in [2.45, 2.75) is 38.8 Å². The second-order valence-electron chi connectivity index (χ2n) is 6.72. The van der Waals surface area contributed by atoms with Gasteiger partial charge in [-0.25, -0.2) is 4.39 Å². The molecule has 1 saturated carbocycles. The van der Waals surface area contributed by atoms with Gasteiger partial charge >= 0.3 is 0 Å². The first-order valence-electron chi connectivity index (χ1n) is 8.00. The quantitative estimate of drug-likeness (QED) is 0.431. The molecular formula is C19H22Br2FNO. The summed E-state index contributed by atoms with van der Waals surface area (Å²) in [6.07, 6.45) is 5.26. The Kier molecular flexibility index (Phi) is 6.43. The van der Waals surface area contributed by atoms with Crippen molar-refractivity contribution in [1.82, 2.24) is 5.32 Å². The number of amides is 1. The third-order valence-electron chi connectivity index (χ3n) is 3.95. The van der Waals surface area contributed by atoms with Gasteiger partial charge in [0.05, 0.1) is 0 Å². The van der Waals surface area contributed by atoms with Crippen molar-refractivity contribution in [1.29, 1.82) is 0 Å². The van der Waals surface area contributed by atoms with Crippen LogP contribution in [0.4, 0.5) is 4.39 Å². The standard InChI is InChI=1S/C19H22Br2FNO/c1-12(2)11-23-18(24)8-13(3)6-7-19(22)10-15(19)14-4-5-16(20)17(21)9-14/h4-9,12,15H,10-11H2,1-3H3,(H,23,24)/b7-6+,13-8+. The van der Waals surface area contributed by atoms with Crippen molar-refractivity contribution in [3.05, 3.63) is 56.5 Å². The zero-order chi connectivity index (χ0) is 17.9. The van der Waals surface area contributed by atoms with Crippen molar-refractivity contribution in [3.8, 4) is 0 Å². The first kappa shape index (κ1) is 19.4. The molecule has 0 aliphatic heterocycles. The number of alkyl halides is 1. The lowest BCUT2D eigenvalue weighted by molar-refractivity contribution is -0.116. The van der Waals surface area contributed by atoms with E-state index in [2.05, 4.69) is 37.2 Å². The van der Waals surface area contributed by atoms with Gasteiger partial charge in [-0.05, 0) is 80.5 Å². The molecule has 0 aromatic heterocycles. The van der Waals surface area contributed by atoms with Crippen molar-refractivity contribution < 1.29 is 9.18 Å². The summed E-state index contributed by atoms with van der Waals surface area (Å²) in [6.45, 7) is 6.52. The average molecular weight is 459 g/mol. The largest absolute Gasteiger partial charge is 0.352 e. The molecule has 0 heterocycles. The molecule has 5 heteroatoms. The van der Waals surface area contributed by atoms with E-state index in [1.165, 1.54) is 6.08 Å². The maximum atomic E-state index is 14.8. The lowest BCUT2D eigenvalue weighted by Crippen LogP contribution is -2.25. The summed E-state index contributed by atoms with van der Waals surface area (Å²) in [7, 11) is 0. The Morgan fingerprint density at radius 3 is 2.75 bits per heavy atom. The Morgan fingerprint density at radius 1 is 1.42 bits per heavy atom. The van der Waals surface area contributed by atoms with Gasteiger partial charge in [-0.2, -0.15) is 0 Å². The number of benzene rings is 1. The average Bonchev–Trinajstić information content (AvgIpc) is 3.18. The lowest BCUT2D eigenvalue weighted by Gasteiger charge is -2.06. The van der Waals surface area contributed by atoms with E-state index in [-0.39, 0.29) is 11.8 Å². The highest BCUT2D eigenvalue weighted by Gasteiger charge is 2.54. The topological polar surface area (TPSA) is 29.1 Å². The van der Waals surface area contributed by atoms with Gasteiger partial charge < -0.3 is 5.32 Å². The Bertz CT molecular complexity index is 684. The molecule has 1 N–H and O–H groups in total. The van der Waals surface area contributed by atoms with Gasteiger partial charge in [-0.3, -0.25) is 4.79 Å². The second kappa shape index (κ2) is 7.96. The first-order valence-corrected chi connectivity index (χ1v) is 9.59. The normalized spacial score (nSPS) is 23.8. The molecule has 1 aromatic carbocycles. The van der Waals surface area contributed by atoms with Crippen LogP contribution >= 0.6 is 31.9 Å². The predicted molar refractivity (Wildman–Crippen MR) is 104 cm³/mol. The summed E-state index contributed by atoms with van der Waals surface area (Å²) in [6, 6.07) is 5.81. The molecule has 1 amide bonds. The van der Waals surface area contributed by atoms with Crippen LogP contribution in [0.25, 0.3) is 0 Å². The van der Waals surface area contributed by atoms with E-state index in [4.69, 9.17) is 0 Å². The fourth-order valence-corrected chi connectivity index (χ4v) is 3.09. The zero-order valence-electron chi connectivity index (χ0n) is 14.1. The molecule has 1 aromatic rings. The van der Waals surface area contributed by atoms with Crippen LogP contribution in [0.1, 0.15) is 38.7 Å².